The number of piperazine rings is 1. The lowest BCUT2D eigenvalue weighted by atomic mass is 10.0. The maximum absolute atomic E-state index is 12.6. The normalized spacial score (nSPS) is 19.4. The number of nitrogens with one attached hydrogen (secondary N) is 1. The first-order valence-electron chi connectivity index (χ1n) is 6.21. The Kier molecular flexibility index (Phi) is 4.38. The van der Waals surface area contributed by atoms with Crippen molar-refractivity contribution in [2.75, 3.05) is 26.2 Å². The molecule has 0 unspecified atom stereocenters. The van der Waals surface area contributed by atoms with Crippen LogP contribution in [0.25, 0.3) is 0 Å². The van der Waals surface area contributed by atoms with E-state index < -0.39 is 11.7 Å². The van der Waals surface area contributed by atoms with Crippen molar-refractivity contribution in [2.45, 2.75) is 19.1 Å². The van der Waals surface area contributed by atoms with Gasteiger partial charge in [-0.15, -0.1) is 0 Å². The van der Waals surface area contributed by atoms with Crippen molar-refractivity contribution < 1.29 is 13.2 Å². The molecule has 0 aliphatic carbocycles. The van der Waals surface area contributed by atoms with Gasteiger partial charge in [0.15, 0.2) is 0 Å². The van der Waals surface area contributed by atoms with Crippen molar-refractivity contribution in [1.82, 2.24) is 10.2 Å². The largest absolute Gasteiger partial charge is 0.417 e. The standard InChI is InChI=1S/C13H16ClF3N2/c1-9(19-6-4-18-5-7-19)10-2-3-11(12(14)8-10)13(15,16)17/h2-3,8-9,18H,4-7H2,1H3/t9-/m0/s1. The van der Waals surface area contributed by atoms with Crippen molar-refractivity contribution in [3.8, 4) is 0 Å². The van der Waals surface area contributed by atoms with Gasteiger partial charge in [-0.05, 0) is 24.6 Å². The first kappa shape index (κ1) is 14.6. The summed E-state index contributed by atoms with van der Waals surface area (Å²) in [6.45, 7) is 5.57. The number of rotatable bonds is 2. The SMILES string of the molecule is C[C@@H](c1ccc(C(F)(F)F)c(Cl)c1)N1CCNCC1. The molecule has 0 saturated carbocycles. The number of hydrogen-bond donors (Lipinski definition) is 1. The molecule has 0 radical (unpaired) electrons. The molecular weight excluding hydrogens is 277 g/mol. The average Bonchev–Trinajstić information content (AvgIpc) is 2.37. The van der Waals surface area contributed by atoms with E-state index in [2.05, 4.69) is 10.2 Å². The van der Waals surface area contributed by atoms with Gasteiger partial charge >= 0.3 is 6.18 Å². The van der Waals surface area contributed by atoms with Gasteiger partial charge in [0.05, 0.1) is 10.6 Å². The van der Waals surface area contributed by atoms with Gasteiger partial charge in [-0.25, -0.2) is 0 Å². The number of alkyl halides is 3. The van der Waals surface area contributed by atoms with Gasteiger partial charge < -0.3 is 5.32 Å². The van der Waals surface area contributed by atoms with Crippen LogP contribution < -0.4 is 5.32 Å². The lowest BCUT2D eigenvalue weighted by molar-refractivity contribution is -0.137. The summed E-state index contributed by atoms with van der Waals surface area (Å²) in [6.07, 6.45) is -4.39. The van der Waals surface area contributed by atoms with Crippen LogP contribution in [0.15, 0.2) is 18.2 Å². The highest BCUT2D eigenvalue weighted by Crippen LogP contribution is 2.36. The van der Waals surface area contributed by atoms with Gasteiger partial charge in [-0.2, -0.15) is 13.2 Å². The van der Waals surface area contributed by atoms with Gasteiger partial charge in [0.2, 0.25) is 0 Å². The molecule has 106 valence electrons. The average molecular weight is 293 g/mol. The molecule has 6 heteroatoms. The number of nitrogens with zero attached hydrogens (tertiary/aromatic N) is 1. The van der Waals surface area contributed by atoms with Crippen LogP contribution in [0.5, 0.6) is 0 Å². The van der Waals surface area contributed by atoms with Gasteiger partial charge in [-0.1, -0.05) is 17.7 Å². The second-order valence-corrected chi connectivity index (χ2v) is 5.11. The molecule has 1 aliphatic heterocycles. The Morgan fingerprint density at radius 2 is 1.89 bits per heavy atom. The van der Waals surface area contributed by atoms with Gasteiger partial charge in [-0.3, -0.25) is 4.90 Å². The van der Waals surface area contributed by atoms with Crippen LogP contribution in [0.3, 0.4) is 0 Å². The first-order valence-corrected chi connectivity index (χ1v) is 6.59. The maximum Gasteiger partial charge on any atom is 0.417 e. The summed E-state index contributed by atoms with van der Waals surface area (Å²) >= 11 is 5.75. The molecule has 1 heterocycles. The quantitative estimate of drug-likeness (QED) is 0.899. The van der Waals surface area contributed by atoms with Crippen LogP contribution in [0.2, 0.25) is 5.02 Å². The molecule has 1 aromatic carbocycles. The molecule has 0 bridgehead atoms. The molecule has 0 amide bonds. The summed E-state index contributed by atoms with van der Waals surface area (Å²) in [7, 11) is 0. The molecule has 1 fully saturated rings. The Bertz CT molecular complexity index is 442. The summed E-state index contributed by atoms with van der Waals surface area (Å²) in [5.41, 5.74) is 0.0466. The first-order chi connectivity index (χ1) is 8.89. The van der Waals surface area contributed by atoms with Crippen LogP contribution >= 0.6 is 11.6 Å². The Labute approximate surface area is 115 Å². The number of benzene rings is 1. The van der Waals surface area contributed by atoms with Gasteiger partial charge in [0.1, 0.15) is 0 Å². The van der Waals surface area contributed by atoms with Crippen molar-refractivity contribution in [1.29, 1.82) is 0 Å². The van der Waals surface area contributed by atoms with Crippen LogP contribution in [0.1, 0.15) is 24.1 Å². The Hall–Kier alpha value is -0.780. The van der Waals surface area contributed by atoms with E-state index in [-0.39, 0.29) is 11.1 Å². The zero-order valence-electron chi connectivity index (χ0n) is 10.6. The maximum atomic E-state index is 12.6. The number of hydrogen-bond acceptors (Lipinski definition) is 2. The molecule has 1 aromatic rings. The van der Waals surface area contributed by atoms with E-state index in [9.17, 15) is 13.2 Å². The van der Waals surface area contributed by atoms with E-state index in [1.165, 1.54) is 12.1 Å². The third-order valence-corrected chi connectivity index (χ3v) is 3.79. The predicted molar refractivity (Wildman–Crippen MR) is 69.3 cm³/mol. The molecule has 2 nitrogen and oxygen atoms in total. The predicted octanol–water partition coefficient (Wildman–Crippen LogP) is 3.33. The highest BCUT2D eigenvalue weighted by atomic mass is 35.5. The van der Waals surface area contributed by atoms with E-state index in [0.29, 0.717) is 0 Å². The molecule has 1 saturated heterocycles. The second-order valence-electron chi connectivity index (χ2n) is 4.70. The van der Waals surface area contributed by atoms with E-state index in [0.717, 1.165) is 37.8 Å². The summed E-state index contributed by atoms with van der Waals surface area (Å²) in [5, 5.41) is 3.02. The van der Waals surface area contributed by atoms with Crippen molar-refractivity contribution in [2.24, 2.45) is 0 Å². The highest BCUT2D eigenvalue weighted by molar-refractivity contribution is 6.31. The van der Waals surface area contributed by atoms with Crippen molar-refractivity contribution >= 4 is 11.6 Å². The zero-order chi connectivity index (χ0) is 14.0. The van der Waals surface area contributed by atoms with Crippen LogP contribution in [0, 0.1) is 0 Å². The molecule has 1 N–H and O–H groups in total. The fourth-order valence-corrected chi connectivity index (χ4v) is 2.60. The molecule has 1 aliphatic rings. The topological polar surface area (TPSA) is 15.3 Å². The van der Waals surface area contributed by atoms with Crippen LogP contribution in [-0.2, 0) is 6.18 Å². The molecular formula is C13H16ClF3N2. The summed E-state index contributed by atoms with van der Waals surface area (Å²) in [4.78, 5) is 2.23. The minimum atomic E-state index is -4.39. The third kappa shape index (κ3) is 3.41. The van der Waals surface area contributed by atoms with E-state index in [1.54, 1.807) is 0 Å². The van der Waals surface area contributed by atoms with Crippen LogP contribution in [0.4, 0.5) is 13.2 Å². The molecule has 19 heavy (non-hydrogen) atoms. The third-order valence-electron chi connectivity index (χ3n) is 3.48. The van der Waals surface area contributed by atoms with Crippen molar-refractivity contribution in [3.05, 3.63) is 34.3 Å². The summed E-state index contributed by atoms with van der Waals surface area (Å²) in [5.74, 6) is 0. The molecule has 0 spiro atoms. The summed E-state index contributed by atoms with van der Waals surface area (Å²) < 4.78 is 37.9. The lowest BCUT2D eigenvalue weighted by Gasteiger charge is -2.33. The van der Waals surface area contributed by atoms with Gasteiger partial charge in [0, 0.05) is 32.2 Å². The minimum Gasteiger partial charge on any atom is -0.314 e. The van der Waals surface area contributed by atoms with Crippen LogP contribution in [-0.4, -0.2) is 31.1 Å². The molecule has 1 atom stereocenters. The Morgan fingerprint density at radius 3 is 2.42 bits per heavy atom. The number of halogens is 4. The van der Waals surface area contributed by atoms with E-state index in [4.69, 9.17) is 11.6 Å². The van der Waals surface area contributed by atoms with E-state index in [1.807, 2.05) is 6.92 Å². The summed E-state index contributed by atoms with van der Waals surface area (Å²) in [6, 6.07) is 4.08. The molecule has 0 aromatic heterocycles. The van der Waals surface area contributed by atoms with Gasteiger partial charge in [0.25, 0.3) is 0 Å². The lowest BCUT2D eigenvalue weighted by Crippen LogP contribution is -2.44. The van der Waals surface area contributed by atoms with E-state index >= 15 is 0 Å². The zero-order valence-corrected chi connectivity index (χ0v) is 11.4. The smallest absolute Gasteiger partial charge is 0.314 e. The van der Waals surface area contributed by atoms with Crippen molar-refractivity contribution in [3.63, 3.8) is 0 Å². The Balaban J connectivity index is 2.19. The highest BCUT2D eigenvalue weighted by Gasteiger charge is 2.33. The fraction of sp³-hybridized carbons (Fsp3) is 0.538. The second kappa shape index (κ2) is 5.69. The molecule has 2 rings (SSSR count). The minimum absolute atomic E-state index is 0.0712. The Morgan fingerprint density at radius 1 is 1.26 bits per heavy atom. The fourth-order valence-electron chi connectivity index (χ4n) is 2.30. The monoisotopic (exact) mass is 292 g/mol.